The number of benzene rings is 2. The van der Waals surface area contributed by atoms with Gasteiger partial charge in [0.05, 0.1) is 24.6 Å². The number of ether oxygens (including phenoxy) is 2. The monoisotopic (exact) mass is 491 g/mol. The molecular weight excluding hydrogens is 472 g/mol. The molecule has 1 aromatic heterocycles. The van der Waals surface area contributed by atoms with Crippen LogP contribution in [-0.4, -0.2) is 48.6 Å². The maximum absolute atomic E-state index is 14.7. The molecule has 3 aromatic rings. The van der Waals surface area contributed by atoms with Gasteiger partial charge >= 0.3 is 10.2 Å². The van der Waals surface area contributed by atoms with Gasteiger partial charge < -0.3 is 14.0 Å². The highest BCUT2D eigenvalue weighted by molar-refractivity contribution is 7.90. The summed E-state index contributed by atoms with van der Waals surface area (Å²) in [5, 5.41) is 9.76. The van der Waals surface area contributed by atoms with Gasteiger partial charge in [-0.15, -0.1) is 0 Å². The number of nitriles is 1. The molecule has 0 amide bonds. The summed E-state index contributed by atoms with van der Waals surface area (Å²) in [7, 11) is -1.41. The van der Waals surface area contributed by atoms with Gasteiger partial charge in [-0.1, -0.05) is 0 Å². The number of alkyl halides is 1. The van der Waals surface area contributed by atoms with E-state index in [0.29, 0.717) is 5.52 Å². The van der Waals surface area contributed by atoms with Gasteiger partial charge in [-0.3, -0.25) is 9.52 Å². The van der Waals surface area contributed by atoms with Crippen molar-refractivity contribution in [1.29, 1.82) is 5.26 Å². The van der Waals surface area contributed by atoms with E-state index in [9.17, 15) is 27.3 Å². The zero-order valence-electron chi connectivity index (χ0n) is 18.1. The Hall–Kier alpha value is -3.76. The Morgan fingerprint density at radius 1 is 1.26 bits per heavy atom. The summed E-state index contributed by atoms with van der Waals surface area (Å²) in [5.41, 5.74) is -0.822. The molecule has 0 spiro atoms. The molecular formula is C21H19F2N5O5S. The van der Waals surface area contributed by atoms with Gasteiger partial charge in [-0.2, -0.15) is 18.0 Å². The Bertz CT molecular complexity index is 1490. The van der Waals surface area contributed by atoms with Crippen LogP contribution >= 0.6 is 0 Å². The molecule has 0 radical (unpaired) electrons. The Kier molecular flexibility index (Phi) is 6.11. The van der Waals surface area contributed by atoms with Crippen LogP contribution in [0.3, 0.4) is 0 Å². The Balaban J connectivity index is 1.78. The number of fused-ring (bicyclic) bond motifs is 1. The highest BCUT2D eigenvalue weighted by Gasteiger charge is 2.32. The second-order valence-electron chi connectivity index (χ2n) is 7.52. The Labute approximate surface area is 193 Å². The van der Waals surface area contributed by atoms with E-state index in [1.165, 1.54) is 37.2 Å². The molecule has 1 aliphatic rings. The fourth-order valence-corrected chi connectivity index (χ4v) is 4.88. The highest BCUT2D eigenvalue weighted by Crippen LogP contribution is 2.40. The Morgan fingerprint density at radius 2 is 2.03 bits per heavy atom. The molecule has 1 saturated heterocycles. The maximum atomic E-state index is 14.7. The zero-order valence-corrected chi connectivity index (χ0v) is 18.9. The fraction of sp³-hybridized carbons (Fsp3) is 0.286. The minimum absolute atomic E-state index is 0.0276. The summed E-state index contributed by atoms with van der Waals surface area (Å²) < 4.78 is 68.8. The first-order chi connectivity index (χ1) is 16.2. The fourth-order valence-electron chi connectivity index (χ4n) is 3.60. The van der Waals surface area contributed by atoms with Crippen LogP contribution in [-0.2, 0) is 17.3 Å². The molecule has 10 nitrogen and oxygen atoms in total. The van der Waals surface area contributed by atoms with Crippen LogP contribution in [0.15, 0.2) is 35.4 Å². The number of hydrogen-bond donors (Lipinski definition) is 1. The van der Waals surface area contributed by atoms with E-state index in [1.807, 2.05) is 0 Å². The van der Waals surface area contributed by atoms with Crippen molar-refractivity contribution in [3.8, 4) is 23.3 Å². The van der Waals surface area contributed by atoms with Crippen LogP contribution in [0.5, 0.6) is 17.2 Å². The van der Waals surface area contributed by atoms with Gasteiger partial charge in [-0.25, -0.2) is 13.8 Å². The molecule has 4 rings (SSSR count). The van der Waals surface area contributed by atoms with Crippen LogP contribution in [0.1, 0.15) is 12.0 Å². The minimum atomic E-state index is -4.20. The van der Waals surface area contributed by atoms with E-state index in [2.05, 4.69) is 9.71 Å². The summed E-state index contributed by atoms with van der Waals surface area (Å²) in [4.78, 5) is 16.8. The highest BCUT2D eigenvalue weighted by atomic mass is 32.2. The van der Waals surface area contributed by atoms with E-state index in [0.717, 1.165) is 16.4 Å². The number of rotatable bonds is 6. The number of aromatic nitrogens is 2. The lowest BCUT2D eigenvalue weighted by Gasteiger charge is -2.19. The quantitative estimate of drug-likeness (QED) is 0.561. The van der Waals surface area contributed by atoms with E-state index in [-0.39, 0.29) is 42.1 Å². The molecule has 1 unspecified atom stereocenters. The molecule has 1 fully saturated rings. The largest absolute Gasteiger partial charge is 0.492 e. The zero-order chi connectivity index (χ0) is 24.6. The van der Waals surface area contributed by atoms with E-state index in [4.69, 9.17) is 9.47 Å². The topological polar surface area (TPSA) is 127 Å². The van der Waals surface area contributed by atoms with Crippen molar-refractivity contribution in [2.75, 3.05) is 24.9 Å². The van der Waals surface area contributed by atoms with Crippen LogP contribution in [0, 0.1) is 17.1 Å². The molecule has 178 valence electrons. The van der Waals surface area contributed by atoms with Crippen molar-refractivity contribution in [2.24, 2.45) is 7.05 Å². The number of nitrogens with one attached hydrogen (secondary N) is 1. The molecule has 1 atom stereocenters. The molecule has 1 N–H and O–H groups in total. The molecule has 0 bridgehead atoms. The summed E-state index contributed by atoms with van der Waals surface area (Å²) in [6, 6.07) is 6.58. The lowest BCUT2D eigenvalue weighted by molar-refractivity contribution is 0.343. The molecule has 34 heavy (non-hydrogen) atoms. The van der Waals surface area contributed by atoms with Crippen molar-refractivity contribution >= 4 is 26.8 Å². The standard InChI is InChI=1S/C21H19F2N5O5S/c1-27-11-25-16-5-6-17(20(32-2)18(16)21(27)29)33-19-13(9-24)15(4-3-14(19)23)26-34(30,31)28-8-7-12(22)10-28/h3-6,11-12,26H,7-8,10H2,1-2H3. The van der Waals surface area contributed by atoms with Gasteiger partial charge in [0.2, 0.25) is 0 Å². The smallest absolute Gasteiger partial charge is 0.301 e. The molecule has 0 aliphatic carbocycles. The molecule has 2 aromatic carbocycles. The van der Waals surface area contributed by atoms with Crippen LogP contribution < -0.4 is 19.8 Å². The first-order valence-corrected chi connectivity index (χ1v) is 11.4. The van der Waals surface area contributed by atoms with E-state index < -0.39 is 39.1 Å². The normalized spacial score (nSPS) is 16.4. The van der Waals surface area contributed by atoms with Gasteiger partial charge in [0.1, 0.15) is 23.2 Å². The predicted molar refractivity (Wildman–Crippen MR) is 118 cm³/mol. The predicted octanol–water partition coefficient (Wildman–Crippen LogP) is 2.45. The van der Waals surface area contributed by atoms with Crippen molar-refractivity contribution in [3.63, 3.8) is 0 Å². The number of aryl methyl sites for hydroxylation is 1. The van der Waals surface area contributed by atoms with E-state index in [1.54, 1.807) is 6.07 Å². The van der Waals surface area contributed by atoms with E-state index >= 15 is 0 Å². The minimum Gasteiger partial charge on any atom is -0.492 e. The molecule has 13 heteroatoms. The third-order valence-electron chi connectivity index (χ3n) is 5.31. The molecule has 2 heterocycles. The van der Waals surface area contributed by atoms with Gasteiger partial charge in [0, 0.05) is 20.1 Å². The number of halogens is 2. The van der Waals surface area contributed by atoms with Crippen LogP contribution in [0.25, 0.3) is 10.9 Å². The average molecular weight is 491 g/mol. The number of nitrogens with zero attached hydrogens (tertiary/aromatic N) is 4. The first-order valence-electron chi connectivity index (χ1n) is 10.0. The summed E-state index contributed by atoms with van der Waals surface area (Å²) in [6.07, 6.45) is 0.0978. The second kappa shape index (κ2) is 8.88. The maximum Gasteiger partial charge on any atom is 0.301 e. The average Bonchev–Trinajstić information content (AvgIpc) is 3.25. The van der Waals surface area contributed by atoms with Gasteiger partial charge in [-0.05, 0) is 30.7 Å². The number of anilines is 1. The van der Waals surface area contributed by atoms with Crippen LogP contribution in [0.2, 0.25) is 0 Å². The second-order valence-corrected chi connectivity index (χ2v) is 9.19. The van der Waals surface area contributed by atoms with Crippen molar-refractivity contribution in [2.45, 2.75) is 12.6 Å². The molecule has 1 aliphatic heterocycles. The van der Waals surface area contributed by atoms with Gasteiger partial charge in [0.15, 0.2) is 23.1 Å². The number of hydrogen-bond acceptors (Lipinski definition) is 7. The van der Waals surface area contributed by atoms with Crippen LogP contribution in [0.4, 0.5) is 14.5 Å². The number of methoxy groups -OCH3 is 1. The van der Waals surface area contributed by atoms with Crippen molar-refractivity contribution < 1.29 is 26.7 Å². The first kappa shape index (κ1) is 23.4. The SMILES string of the molecule is COc1c(Oc2c(F)ccc(NS(=O)(=O)N3CCC(F)C3)c2C#N)ccc2ncn(C)c(=O)c12. The summed E-state index contributed by atoms with van der Waals surface area (Å²) >= 11 is 0. The van der Waals surface area contributed by atoms with Gasteiger partial charge in [0.25, 0.3) is 5.56 Å². The van der Waals surface area contributed by atoms with Crippen molar-refractivity contribution in [3.05, 3.63) is 52.3 Å². The van der Waals surface area contributed by atoms with Crippen molar-refractivity contribution in [1.82, 2.24) is 13.9 Å². The lowest BCUT2D eigenvalue weighted by Crippen LogP contribution is -2.34. The summed E-state index contributed by atoms with van der Waals surface area (Å²) in [6.45, 7) is -0.348. The Morgan fingerprint density at radius 3 is 2.68 bits per heavy atom. The molecule has 0 saturated carbocycles. The summed E-state index contributed by atoms with van der Waals surface area (Å²) in [5.74, 6) is -1.65. The lowest BCUT2D eigenvalue weighted by atomic mass is 10.1. The third-order valence-corrected chi connectivity index (χ3v) is 6.80. The third kappa shape index (κ3) is 4.13.